The second kappa shape index (κ2) is 7.22. The van der Waals surface area contributed by atoms with E-state index in [-0.39, 0.29) is 5.69 Å². The number of benzene rings is 1. The van der Waals surface area contributed by atoms with Gasteiger partial charge in [-0.3, -0.25) is 0 Å². The topological polar surface area (TPSA) is 102 Å². The van der Waals surface area contributed by atoms with Gasteiger partial charge in [-0.05, 0) is 29.8 Å². The fraction of sp³-hybridized carbons (Fsp3) is 0.250. The minimum Gasteiger partial charge on any atom is -0.493 e. The molecule has 7 nitrogen and oxygen atoms in total. The highest BCUT2D eigenvalue weighted by molar-refractivity contribution is 5.56. The van der Waals surface area contributed by atoms with Gasteiger partial charge < -0.3 is 25.3 Å². The van der Waals surface area contributed by atoms with E-state index in [9.17, 15) is 0 Å². The Bertz CT molecular complexity index is 716. The summed E-state index contributed by atoms with van der Waals surface area (Å²) in [6.45, 7) is 0.471. The smallest absolute Gasteiger partial charge is 0.203 e. The maximum Gasteiger partial charge on any atom is 0.203 e. The summed E-state index contributed by atoms with van der Waals surface area (Å²) in [6, 6.07) is 9.00. The van der Waals surface area contributed by atoms with Crippen LogP contribution in [0.1, 0.15) is 11.3 Å². The first-order valence-corrected chi connectivity index (χ1v) is 6.82. The van der Waals surface area contributed by atoms with Crippen LogP contribution in [0.15, 0.2) is 24.3 Å². The van der Waals surface area contributed by atoms with Gasteiger partial charge in [0.1, 0.15) is 11.9 Å². The Morgan fingerprint density at radius 2 is 1.78 bits per heavy atom. The molecule has 7 heteroatoms. The normalized spacial score (nSPS) is 9.83. The SMILES string of the molecule is COc1cc(CNc2ccc(N)c(C#N)n2)cc(OC)c1OC. The number of nitriles is 1. The highest BCUT2D eigenvalue weighted by Gasteiger charge is 2.13. The minimum absolute atomic E-state index is 0.194. The number of nitrogen functional groups attached to an aromatic ring is 1. The second-order valence-corrected chi connectivity index (χ2v) is 4.63. The van der Waals surface area contributed by atoms with Crippen molar-refractivity contribution in [2.75, 3.05) is 32.4 Å². The van der Waals surface area contributed by atoms with E-state index in [1.165, 1.54) is 0 Å². The number of aromatic nitrogens is 1. The first-order chi connectivity index (χ1) is 11.1. The predicted molar refractivity (Wildman–Crippen MR) is 86.8 cm³/mol. The average molecular weight is 314 g/mol. The third-order valence-electron chi connectivity index (χ3n) is 3.23. The zero-order chi connectivity index (χ0) is 16.8. The molecule has 1 aromatic carbocycles. The number of anilines is 2. The third kappa shape index (κ3) is 3.55. The first-order valence-electron chi connectivity index (χ1n) is 6.82. The van der Waals surface area contributed by atoms with Gasteiger partial charge in [0.25, 0.3) is 0 Å². The highest BCUT2D eigenvalue weighted by Crippen LogP contribution is 2.38. The molecular formula is C16H18N4O3. The Morgan fingerprint density at radius 1 is 1.13 bits per heavy atom. The van der Waals surface area contributed by atoms with Crippen LogP contribution in [0.2, 0.25) is 0 Å². The number of hydrogen-bond acceptors (Lipinski definition) is 7. The molecule has 0 unspecified atom stereocenters. The van der Waals surface area contributed by atoms with Crippen LogP contribution in [-0.4, -0.2) is 26.3 Å². The summed E-state index contributed by atoms with van der Waals surface area (Å²) in [6.07, 6.45) is 0. The largest absolute Gasteiger partial charge is 0.493 e. The van der Waals surface area contributed by atoms with Crippen molar-refractivity contribution in [3.8, 4) is 23.3 Å². The van der Waals surface area contributed by atoms with Crippen LogP contribution in [-0.2, 0) is 6.54 Å². The number of nitrogens with two attached hydrogens (primary N) is 1. The van der Waals surface area contributed by atoms with Crippen molar-refractivity contribution < 1.29 is 14.2 Å². The minimum atomic E-state index is 0.194. The van der Waals surface area contributed by atoms with Gasteiger partial charge >= 0.3 is 0 Å². The summed E-state index contributed by atoms with van der Waals surface area (Å²) >= 11 is 0. The zero-order valence-corrected chi connectivity index (χ0v) is 13.2. The number of nitrogens with zero attached hydrogens (tertiary/aromatic N) is 2. The van der Waals surface area contributed by atoms with Crippen molar-refractivity contribution in [2.45, 2.75) is 6.54 Å². The number of methoxy groups -OCH3 is 3. The average Bonchev–Trinajstić information content (AvgIpc) is 2.59. The zero-order valence-electron chi connectivity index (χ0n) is 13.2. The molecule has 3 N–H and O–H groups in total. The Kier molecular flexibility index (Phi) is 5.10. The number of ether oxygens (including phenoxy) is 3. The van der Waals surface area contributed by atoms with Crippen molar-refractivity contribution in [1.29, 1.82) is 5.26 Å². The molecule has 0 fully saturated rings. The molecule has 1 aromatic heterocycles. The highest BCUT2D eigenvalue weighted by atomic mass is 16.5. The van der Waals surface area contributed by atoms with E-state index in [0.717, 1.165) is 5.56 Å². The molecule has 0 radical (unpaired) electrons. The molecule has 0 atom stereocenters. The summed E-state index contributed by atoms with van der Waals surface area (Å²) in [5, 5.41) is 12.1. The Hall–Kier alpha value is -3.14. The van der Waals surface area contributed by atoms with Gasteiger partial charge in [0.05, 0.1) is 27.0 Å². The summed E-state index contributed by atoms with van der Waals surface area (Å²) in [4.78, 5) is 4.14. The van der Waals surface area contributed by atoms with Crippen LogP contribution in [0.3, 0.4) is 0 Å². The van der Waals surface area contributed by atoms with Gasteiger partial charge in [-0.25, -0.2) is 4.98 Å². The van der Waals surface area contributed by atoms with Gasteiger partial charge in [-0.1, -0.05) is 0 Å². The molecule has 0 bridgehead atoms. The van der Waals surface area contributed by atoms with E-state index in [2.05, 4.69) is 10.3 Å². The van der Waals surface area contributed by atoms with Crippen molar-refractivity contribution >= 4 is 11.5 Å². The molecular weight excluding hydrogens is 296 g/mol. The molecule has 0 aliphatic rings. The quantitative estimate of drug-likeness (QED) is 0.842. The second-order valence-electron chi connectivity index (χ2n) is 4.63. The maximum atomic E-state index is 8.96. The van der Waals surface area contributed by atoms with Crippen LogP contribution in [0.4, 0.5) is 11.5 Å². The summed E-state index contributed by atoms with van der Waals surface area (Å²) < 4.78 is 15.9. The molecule has 0 aliphatic carbocycles. The predicted octanol–water partition coefficient (Wildman–Crippen LogP) is 2.17. The Morgan fingerprint density at radius 3 is 2.30 bits per heavy atom. The van der Waals surface area contributed by atoms with E-state index in [4.69, 9.17) is 25.2 Å². The summed E-state index contributed by atoms with van der Waals surface area (Å²) in [7, 11) is 4.68. The summed E-state index contributed by atoms with van der Waals surface area (Å²) in [5.74, 6) is 2.25. The molecule has 23 heavy (non-hydrogen) atoms. The van der Waals surface area contributed by atoms with Gasteiger partial charge in [0.15, 0.2) is 17.2 Å². The van der Waals surface area contributed by atoms with E-state index in [1.54, 1.807) is 33.5 Å². The molecule has 2 aromatic rings. The Balaban J connectivity index is 2.22. The van der Waals surface area contributed by atoms with E-state index >= 15 is 0 Å². The van der Waals surface area contributed by atoms with E-state index < -0.39 is 0 Å². The van der Waals surface area contributed by atoms with Crippen LogP contribution in [0, 0.1) is 11.3 Å². The van der Waals surface area contributed by atoms with Crippen LogP contribution in [0.25, 0.3) is 0 Å². The van der Waals surface area contributed by atoms with Crippen LogP contribution in [0.5, 0.6) is 17.2 Å². The van der Waals surface area contributed by atoms with Gasteiger partial charge in [0.2, 0.25) is 5.75 Å². The van der Waals surface area contributed by atoms with E-state index in [1.807, 2.05) is 18.2 Å². The molecule has 2 rings (SSSR count). The van der Waals surface area contributed by atoms with Crippen LogP contribution >= 0.6 is 0 Å². The first kappa shape index (κ1) is 16.2. The number of hydrogen-bond donors (Lipinski definition) is 2. The van der Waals surface area contributed by atoms with Gasteiger partial charge in [0, 0.05) is 6.54 Å². The van der Waals surface area contributed by atoms with Gasteiger partial charge in [-0.15, -0.1) is 0 Å². The molecule has 0 amide bonds. The third-order valence-corrected chi connectivity index (χ3v) is 3.23. The number of pyridine rings is 1. The molecule has 0 saturated heterocycles. The number of nitrogens with one attached hydrogen (secondary N) is 1. The molecule has 0 saturated carbocycles. The standard InChI is InChI=1S/C16H18N4O3/c1-21-13-6-10(7-14(22-2)16(13)23-3)9-19-15-5-4-11(18)12(8-17)20-15/h4-7H,9,18H2,1-3H3,(H,19,20). The van der Waals surface area contributed by atoms with Crippen molar-refractivity contribution in [3.05, 3.63) is 35.5 Å². The fourth-order valence-corrected chi connectivity index (χ4v) is 2.09. The lowest BCUT2D eigenvalue weighted by molar-refractivity contribution is 0.324. The van der Waals surface area contributed by atoms with Crippen molar-refractivity contribution in [3.63, 3.8) is 0 Å². The molecule has 1 heterocycles. The van der Waals surface area contributed by atoms with Crippen molar-refractivity contribution in [2.24, 2.45) is 0 Å². The van der Waals surface area contributed by atoms with Crippen molar-refractivity contribution in [1.82, 2.24) is 4.98 Å². The Labute approximate surface area is 134 Å². The fourth-order valence-electron chi connectivity index (χ4n) is 2.09. The van der Waals surface area contributed by atoms with E-state index in [0.29, 0.717) is 35.3 Å². The summed E-state index contributed by atoms with van der Waals surface area (Å²) in [5.41, 5.74) is 7.12. The molecule has 0 aliphatic heterocycles. The number of rotatable bonds is 6. The lowest BCUT2D eigenvalue weighted by atomic mass is 10.1. The lowest BCUT2D eigenvalue weighted by Crippen LogP contribution is -2.05. The molecule has 120 valence electrons. The van der Waals surface area contributed by atoms with Crippen LogP contribution < -0.4 is 25.3 Å². The monoisotopic (exact) mass is 314 g/mol. The maximum absolute atomic E-state index is 8.96. The van der Waals surface area contributed by atoms with Gasteiger partial charge in [-0.2, -0.15) is 5.26 Å². The lowest BCUT2D eigenvalue weighted by Gasteiger charge is -2.14. The molecule has 0 spiro atoms.